The van der Waals surface area contributed by atoms with Gasteiger partial charge < -0.3 is 14.9 Å². The summed E-state index contributed by atoms with van der Waals surface area (Å²) in [5, 5.41) is 2.98. The summed E-state index contributed by atoms with van der Waals surface area (Å²) >= 11 is 0. The molecule has 2 heterocycles. The molecule has 1 aromatic rings. The van der Waals surface area contributed by atoms with Crippen molar-refractivity contribution in [3.05, 3.63) is 16.1 Å². The number of aryl methyl sites for hydroxylation is 1. The summed E-state index contributed by atoms with van der Waals surface area (Å²) in [6.45, 7) is 0. The van der Waals surface area contributed by atoms with Crippen LogP contribution in [0.1, 0.15) is 0 Å². The molecule has 5 heteroatoms. The lowest BCUT2D eigenvalue weighted by atomic mass is 10.5. The molecule has 0 radical (unpaired) electrons. The molecular weight excluding hydrogens is 180 g/mol. The van der Waals surface area contributed by atoms with Gasteiger partial charge in [-0.1, -0.05) is 0 Å². The van der Waals surface area contributed by atoms with E-state index in [-0.39, 0.29) is 0 Å². The number of nitrogen functional groups attached to an aromatic ring is 1. The Hall–Kier alpha value is -0.390. The number of fused-ring (bicyclic) bond motifs is 1. The van der Waals surface area contributed by atoms with Crippen LogP contribution in [0.5, 0.6) is 0 Å². The highest BCUT2D eigenvalue weighted by Gasteiger charge is 2.08. The first-order valence-electron chi connectivity index (χ1n) is 3.08. The van der Waals surface area contributed by atoms with E-state index in [1.165, 1.54) is 10.8 Å². The minimum Gasteiger partial charge on any atom is -0.397 e. The van der Waals surface area contributed by atoms with Gasteiger partial charge in [-0.15, -0.1) is 0 Å². The summed E-state index contributed by atoms with van der Waals surface area (Å²) in [5.74, 6) is 0. The molecule has 0 spiro atoms. The fraction of sp³-hybridized carbons (Fsp3) is 0.167. The van der Waals surface area contributed by atoms with E-state index in [2.05, 4.69) is 0 Å². The SMILES string of the molecule is Cn1cc(N)c2c1=CSS=2O. The minimum absolute atomic E-state index is 0.689. The van der Waals surface area contributed by atoms with Gasteiger partial charge in [-0.3, -0.25) is 0 Å². The topological polar surface area (TPSA) is 51.2 Å². The average molecular weight is 188 g/mol. The van der Waals surface area contributed by atoms with Gasteiger partial charge in [0.1, 0.15) is 0 Å². The van der Waals surface area contributed by atoms with Gasteiger partial charge in [0, 0.05) is 28.4 Å². The van der Waals surface area contributed by atoms with Crippen LogP contribution >= 0.6 is 20.6 Å². The molecule has 1 aliphatic heterocycles. The third-order valence-corrected chi connectivity index (χ3v) is 4.26. The molecule has 0 fully saturated rings. The number of hydrogen-bond acceptors (Lipinski definition) is 3. The van der Waals surface area contributed by atoms with E-state index in [9.17, 15) is 4.55 Å². The van der Waals surface area contributed by atoms with E-state index in [4.69, 9.17) is 5.73 Å². The first-order valence-corrected chi connectivity index (χ1v) is 5.66. The van der Waals surface area contributed by atoms with E-state index in [1.807, 2.05) is 23.2 Å². The summed E-state index contributed by atoms with van der Waals surface area (Å²) in [6, 6.07) is 0. The summed E-state index contributed by atoms with van der Waals surface area (Å²) in [5.41, 5.74) is 6.37. The van der Waals surface area contributed by atoms with Crippen LogP contribution in [-0.2, 0) is 7.05 Å². The van der Waals surface area contributed by atoms with Crippen LogP contribution in [0.4, 0.5) is 5.69 Å². The number of anilines is 1. The van der Waals surface area contributed by atoms with Crippen LogP contribution in [0.15, 0.2) is 6.20 Å². The second kappa shape index (κ2) is 2.30. The predicted molar refractivity (Wildman–Crippen MR) is 50.6 cm³/mol. The molecule has 1 atom stereocenters. The Morgan fingerprint density at radius 1 is 1.73 bits per heavy atom. The predicted octanol–water partition coefficient (Wildman–Crippen LogP) is 1.000. The van der Waals surface area contributed by atoms with Gasteiger partial charge in [-0.25, -0.2) is 0 Å². The highest BCUT2D eigenvalue weighted by molar-refractivity contribution is 8.82. The second-order valence-corrected chi connectivity index (χ2v) is 5.23. The van der Waals surface area contributed by atoms with Gasteiger partial charge in [0.05, 0.1) is 15.5 Å². The van der Waals surface area contributed by atoms with Crippen molar-refractivity contribution in [1.29, 1.82) is 0 Å². The molecule has 0 aliphatic carbocycles. The molecule has 0 amide bonds. The van der Waals surface area contributed by atoms with Gasteiger partial charge in [0.2, 0.25) is 0 Å². The lowest BCUT2D eigenvalue weighted by Crippen LogP contribution is -2.09. The van der Waals surface area contributed by atoms with Gasteiger partial charge in [0.15, 0.2) is 0 Å². The molecule has 0 saturated heterocycles. The van der Waals surface area contributed by atoms with Crippen LogP contribution in [0.25, 0.3) is 5.41 Å². The first-order chi connectivity index (χ1) is 5.20. The van der Waals surface area contributed by atoms with E-state index in [0.29, 0.717) is 5.69 Å². The van der Waals surface area contributed by atoms with Crippen LogP contribution in [-0.4, -0.2) is 9.12 Å². The zero-order chi connectivity index (χ0) is 8.01. The average Bonchev–Trinajstić information content (AvgIpc) is 2.41. The van der Waals surface area contributed by atoms with E-state index in [1.54, 1.807) is 0 Å². The molecule has 0 bridgehead atoms. The maximum atomic E-state index is 9.44. The fourth-order valence-corrected chi connectivity index (χ4v) is 3.76. The zero-order valence-corrected chi connectivity index (χ0v) is 7.58. The van der Waals surface area contributed by atoms with E-state index < -0.39 is 9.80 Å². The van der Waals surface area contributed by atoms with Crippen molar-refractivity contribution in [3.63, 3.8) is 0 Å². The van der Waals surface area contributed by atoms with Crippen LogP contribution in [0.2, 0.25) is 0 Å². The summed E-state index contributed by atoms with van der Waals surface area (Å²) in [4.78, 5) is 0. The van der Waals surface area contributed by atoms with Crippen molar-refractivity contribution in [2.45, 2.75) is 0 Å². The molecule has 0 aromatic carbocycles. The summed E-state index contributed by atoms with van der Waals surface area (Å²) < 4.78 is 12.3. The van der Waals surface area contributed by atoms with Gasteiger partial charge in [-0.2, -0.15) is 0 Å². The first kappa shape index (κ1) is 7.27. The Morgan fingerprint density at radius 2 is 2.45 bits per heavy atom. The number of nitrogens with zero attached hydrogens (tertiary/aromatic N) is 1. The molecule has 60 valence electrons. The quantitative estimate of drug-likeness (QED) is 0.472. The normalized spacial score (nSPS) is 21.5. The molecule has 0 saturated carbocycles. The number of aromatic nitrogens is 1. The minimum atomic E-state index is -0.723. The van der Waals surface area contributed by atoms with Crippen LogP contribution in [0, 0.1) is 4.51 Å². The molecule has 1 unspecified atom stereocenters. The maximum Gasteiger partial charge on any atom is 0.0824 e. The molecule has 11 heavy (non-hydrogen) atoms. The molecule has 1 aliphatic rings. The Labute approximate surface area is 70.0 Å². The lowest BCUT2D eigenvalue weighted by Gasteiger charge is -1.88. The summed E-state index contributed by atoms with van der Waals surface area (Å²) in [7, 11) is 2.62. The Morgan fingerprint density at radius 3 is 3.09 bits per heavy atom. The van der Waals surface area contributed by atoms with Crippen LogP contribution in [0.3, 0.4) is 0 Å². The Bertz CT molecular complexity index is 421. The molecule has 3 nitrogen and oxygen atoms in total. The molecule has 3 N–H and O–H groups in total. The number of nitrogens with two attached hydrogens (primary N) is 1. The zero-order valence-electron chi connectivity index (χ0n) is 5.94. The smallest absolute Gasteiger partial charge is 0.0824 e. The third kappa shape index (κ3) is 0.919. The molecular formula is C6H8N2OS2. The van der Waals surface area contributed by atoms with E-state index in [0.717, 1.165) is 9.86 Å². The van der Waals surface area contributed by atoms with Crippen molar-refractivity contribution < 1.29 is 4.55 Å². The maximum absolute atomic E-state index is 9.44. The monoisotopic (exact) mass is 188 g/mol. The van der Waals surface area contributed by atoms with Gasteiger partial charge in [0.25, 0.3) is 0 Å². The van der Waals surface area contributed by atoms with Crippen molar-refractivity contribution in [2.24, 2.45) is 7.05 Å². The van der Waals surface area contributed by atoms with Crippen LogP contribution < -0.4 is 11.1 Å². The second-order valence-electron chi connectivity index (χ2n) is 2.37. The third-order valence-electron chi connectivity index (χ3n) is 1.63. The van der Waals surface area contributed by atoms with E-state index >= 15 is 0 Å². The van der Waals surface area contributed by atoms with Crippen molar-refractivity contribution in [3.8, 4) is 0 Å². The lowest BCUT2D eigenvalue weighted by molar-refractivity contribution is 0.671. The van der Waals surface area contributed by atoms with Gasteiger partial charge in [-0.05, 0) is 10.8 Å². The summed E-state index contributed by atoms with van der Waals surface area (Å²) in [6.07, 6.45) is 1.83. The number of rotatable bonds is 0. The highest BCUT2D eigenvalue weighted by Crippen LogP contribution is 2.35. The van der Waals surface area contributed by atoms with Crippen molar-refractivity contribution in [2.75, 3.05) is 5.73 Å². The molecule has 1 aromatic heterocycles. The number of hydrogen-bond donors (Lipinski definition) is 2. The standard InChI is InChI=1S/C6H8N2OS2/c1-8-2-4(7)6-5(8)3-10-11(6)9/h2-3,9H,7H2,1H3. The van der Waals surface area contributed by atoms with Crippen molar-refractivity contribution in [1.82, 2.24) is 4.57 Å². The highest BCUT2D eigenvalue weighted by atomic mass is 33.1. The molecule has 2 rings (SSSR count). The van der Waals surface area contributed by atoms with Crippen molar-refractivity contribution >= 4 is 31.7 Å². The van der Waals surface area contributed by atoms with Gasteiger partial charge >= 0.3 is 0 Å². The fourth-order valence-electron chi connectivity index (χ4n) is 1.11. The largest absolute Gasteiger partial charge is 0.397 e. The Balaban J connectivity index is 3.02. The Kier molecular flexibility index (Phi) is 1.52.